The largest absolute Gasteiger partial charge is 0.416 e. The van der Waals surface area contributed by atoms with E-state index in [0.717, 1.165) is 34.4 Å². The minimum atomic E-state index is -4.34. The molecule has 0 bridgehead atoms. The van der Waals surface area contributed by atoms with Gasteiger partial charge in [0.1, 0.15) is 11.5 Å². The summed E-state index contributed by atoms with van der Waals surface area (Å²) in [5.74, 6) is 1.56. The number of aromatic nitrogens is 1. The normalized spacial score (nSPS) is 15.9. The van der Waals surface area contributed by atoms with Crippen molar-refractivity contribution in [1.82, 2.24) is 9.88 Å². The Hall–Kier alpha value is -3.55. The van der Waals surface area contributed by atoms with E-state index in [1.54, 1.807) is 12.3 Å². The van der Waals surface area contributed by atoms with Crippen molar-refractivity contribution in [2.24, 2.45) is 4.99 Å². The average Bonchev–Trinajstić information content (AvgIpc) is 2.95. The van der Waals surface area contributed by atoms with E-state index in [4.69, 9.17) is 4.99 Å². The van der Waals surface area contributed by atoms with Crippen LogP contribution >= 0.6 is 0 Å². The number of alkyl halides is 3. The molecule has 0 amide bonds. The molecule has 8 heteroatoms. The van der Waals surface area contributed by atoms with Crippen LogP contribution in [0.3, 0.4) is 0 Å². The maximum atomic E-state index is 13.1. The summed E-state index contributed by atoms with van der Waals surface area (Å²) in [4.78, 5) is 13.6. The predicted molar refractivity (Wildman–Crippen MR) is 120 cm³/mol. The van der Waals surface area contributed by atoms with Gasteiger partial charge in [-0.05, 0) is 49.4 Å². The first-order valence-corrected chi connectivity index (χ1v) is 10.5. The zero-order chi connectivity index (χ0) is 22.3. The van der Waals surface area contributed by atoms with Crippen LogP contribution in [0.2, 0.25) is 0 Å². The van der Waals surface area contributed by atoms with E-state index in [1.165, 1.54) is 12.1 Å². The molecule has 2 aliphatic rings. The molecule has 5 nitrogen and oxygen atoms in total. The monoisotopic (exact) mass is 437 g/mol. The highest BCUT2D eigenvalue weighted by molar-refractivity contribution is 6.07. The number of pyridine rings is 1. The molecule has 3 aromatic rings. The smallest absolute Gasteiger partial charge is 0.368 e. The molecule has 0 radical (unpaired) electrons. The van der Waals surface area contributed by atoms with E-state index in [0.29, 0.717) is 37.7 Å². The standard InChI is InChI=1S/C24H22F3N5/c1-16-7-8-20-19(14-16)23(30-21-6-3-9-28-22(21)29-20)32-12-10-31(11-13-32)18-5-2-4-17(15-18)24(25,26)27/h2-9,14-15H,10-13H2,1H3,(H,28,29). The highest BCUT2D eigenvalue weighted by Gasteiger charge is 2.31. The summed E-state index contributed by atoms with van der Waals surface area (Å²) in [6.45, 7) is 4.56. The van der Waals surface area contributed by atoms with Crippen LogP contribution in [0.5, 0.6) is 0 Å². The van der Waals surface area contributed by atoms with E-state index in [2.05, 4.69) is 21.3 Å². The lowest BCUT2D eigenvalue weighted by atomic mass is 10.1. The highest BCUT2D eigenvalue weighted by atomic mass is 19.4. The van der Waals surface area contributed by atoms with Gasteiger partial charge in [-0.1, -0.05) is 17.7 Å². The first kappa shape index (κ1) is 20.4. The number of hydrogen-bond donors (Lipinski definition) is 1. The summed E-state index contributed by atoms with van der Waals surface area (Å²) in [5.41, 5.74) is 3.79. The molecule has 1 saturated heterocycles. The molecule has 0 unspecified atom stereocenters. The summed E-state index contributed by atoms with van der Waals surface area (Å²) in [7, 11) is 0. The van der Waals surface area contributed by atoms with Crippen molar-refractivity contribution in [3.05, 3.63) is 77.5 Å². The summed E-state index contributed by atoms with van der Waals surface area (Å²) < 4.78 is 39.4. The van der Waals surface area contributed by atoms with Crippen molar-refractivity contribution in [3.63, 3.8) is 0 Å². The van der Waals surface area contributed by atoms with Gasteiger partial charge < -0.3 is 15.1 Å². The van der Waals surface area contributed by atoms with Crippen molar-refractivity contribution in [1.29, 1.82) is 0 Å². The van der Waals surface area contributed by atoms with Crippen LogP contribution in [-0.2, 0) is 6.18 Å². The lowest BCUT2D eigenvalue weighted by molar-refractivity contribution is -0.137. The van der Waals surface area contributed by atoms with E-state index >= 15 is 0 Å². The Bertz CT molecular complexity index is 1180. The second-order valence-electron chi connectivity index (χ2n) is 8.00. The van der Waals surface area contributed by atoms with E-state index in [1.807, 2.05) is 36.1 Å². The van der Waals surface area contributed by atoms with E-state index in [9.17, 15) is 13.2 Å². The summed E-state index contributed by atoms with van der Waals surface area (Å²) >= 11 is 0. The fourth-order valence-corrected chi connectivity index (χ4v) is 4.13. The first-order chi connectivity index (χ1) is 15.4. The molecule has 3 heterocycles. The fraction of sp³-hybridized carbons (Fsp3) is 0.250. The number of nitrogens with one attached hydrogen (secondary N) is 1. The summed E-state index contributed by atoms with van der Waals surface area (Å²) in [6, 6.07) is 15.5. The molecular weight excluding hydrogens is 415 g/mol. The third kappa shape index (κ3) is 3.88. The average molecular weight is 437 g/mol. The third-order valence-electron chi connectivity index (χ3n) is 5.80. The molecule has 164 valence electrons. The van der Waals surface area contributed by atoms with Crippen LogP contribution in [0.4, 0.5) is 36.1 Å². The van der Waals surface area contributed by atoms with Gasteiger partial charge in [0.15, 0.2) is 5.82 Å². The van der Waals surface area contributed by atoms with Gasteiger partial charge in [0.25, 0.3) is 0 Å². The summed E-state index contributed by atoms with van der Waals surface area (Å²) in [6.07, 6.45) is -2.61. The molecule has 0 saturated carbocycles. The molecule has 1 N–H and O–H groups in total. The minimum Gasteiger partial charge on any atom is -0.368 e. The molecule has 2 aromatic carbocycles. The van der Waals surface area contributed by atoms with Gasteiger partial charge in [0.2, 0.25) is 0 Å². The molecule has 0 spiro atoms. The van der Waals surface area contributed by atoms with Crippen LogP contribution in [-0.4, -0.2) is 41.9 Å². The fourth-order valence-electron chi connectivity index (χ4n) is 4.13. The van der Waals surface area contributed by atoms with Gasteiger partial charge in [0.05, 0.1) is 11.3 Å². The molecule has 32 heavy (non-hydrogen) atoms. The van der Waals surface area contributed by atoms with Crippen molar-refractivity contribution < 1.29 is 13.2 Å². The Morgan fingerprint density at radius 1 is 0.906 bits per heavy atom. The zero-order valence-corrected chi connectivity index (χ0v) is 17.5. The number of amidine groups is 1. The molecular formula is C24H22F3N5. The number of halogens is 3. The number of nitrogens with zero attached hydrogens (tertiary/aromatic N) is 4. The zero-order valence-electron chi connectivity index (χ0n) is 17.5. The second-order valence-corrected chi connectivity index (χ2v) is 8.00. The lowest BCUT2D eigenvalue weighted by Gasteiger charge is -2.38. The van der Waals surface area contributed by atoms with Gasteiger partial charge in [-0.2, -0.15) is 13.2 Å². The first-order valence-electron chi connectivity index (χ1n) is 10.5. The van der Waals surface area contributed by atoms with Gasteiger partial charge in [-0.15, -0.1) is 0 Å². The van der Waals surface area contributed by atoms with Gasteiger partial charge in [-0.3, -0.25) is 0 Å². The van der Waals surface area contributed by atoms with Gasteiger partial charge in [0, 0.05) is 43.6 Å². The maximum absolute atomic E-state index is 13.1. The quantitative estimate of drug-likeness (QED) is 0.556. The molecule has 2 aliphatic heterocycles. The Kier molecular flexibility index (Phi) is 5.00. The third-order valence-corrected chi connectivity index (χ3v) is 5.80. The minimum absolute atomic E-state index is 0.592. The van der Waals surface area contributed by atoms with Gasteiger partial charge >= 0.3 is 6.18 Å². The molecule has 1 fully saturated rings. The predicted octanol–water partition coefficient (Wildman–Crippen LogP) is 5.37. The highest BCUT2D eigenvalue weighted by Crippen LogP contribution is 2.35. The number of hydrogen-bond acceptors (Lipinski definition) is 5. The van der Waals surface area contributed by atoms with Crippen LogP contribution < -0.4 is 10.2 Å². The topological polar surface area (TPSA) is 43.8 Å². The molecule has 1 aromatic heterocycles. The number of rotatable bonds is 1. The number of anilines is 3. The Labute approximate surface area is 184 Å². The van der Waals surface area contributed by atoms with Crippen LogP contribution in [0.1, 0.15) is 16.7 Å². The van der Waals surface area contributed by atoms with E-state index in [-0.39, 0.29) is 0 Å². The lowest BCUT2D eigenvalue weighted by Crippen LogP contribution is -2.49. The number of aryl methyl sites for hydroxylation is 1. The second kappa shape index (κ2) is 7.85. The van der Waals surface area contributed by atoms with Crippen molar-refractivity contribution in [2.45, 2.75) is 13.1 Å². The number of benzene rings is 2. The molecule has 0 atom stereocenters. The Morgan fingerprint density at radius 3 is 2.47 bits per heavy atom. The molecule has 5 rings (SSSR count). The number of fused-ring (bicyclic) bond motifs is 2. The number of aliphatic imine (C=N–C) groups is 1. The van der Waals surface area contributed by atoms with Crippen molar-refractivity contribution >= 4 is 28.7 Å². The van der Waals surface area contributed by atoms with Crippen LogP contribution in [0, 0.1) is 6.92 Å². The Morgan fingerprint density at radius 2 is 1.69 bits per heavy atom. The maximum Gasteiger partial charge on any atom is 0.416 e. The van der Waals surface area contributed by atoms with Gasteiger partial charge in [-0.25, -0.2) is 9.98 Å². The van der Waals surface area contributed by atoms with E-state index < -0.39 is 11.7 Å². The summed E-state index contributed by atoms with van der Waals surface area (Å²) in [5, 5.41) is 3.38. The SMILES string of the molecule is Cc1ccc2c(c1)C(N1CCN(c3cccc(C(F)(F)F)c3)CC1)=Nc1cccnc1N2. The van der Waals surface area contributed by atoms with Crippen LogP contribution in [0.25, 0.3) is 0 Å². The van der Waals surface area contributed by atoms with Crippen LogP contribution in [0.15, 0.2) is 65.8 Å². The Balaban J connectivity index is 1.43. The van der Waals surface area contributed by atoms with Crippen molar-refractivity contribution in [2.75, 3.05) is 36.4 Å². The van der Waals surface area contributed by atoms with Crippen molar-refractivity contribution in [3.8, 4) is 0 Å². The number of piperazine rings is 1. The molecule has 0 aliphatic carbocycles.